The average Bonchev–Trinajstić information content (AvgIpc) is 2.71. The third-order valence-electron chi connectivity index (χ3n) is 5.26. The zero-order valence-electron chi connectivity index (χ0n) is 16.3. The Morgan fingerprint density at radius 3 is 2.52 bits per heavy atom. The number of hydrogen-bond acceptors (Lipinski definition) is 4. The summed E-state index contributed by atoms with van der Waals surface area (Å²) in [7, 11) is 0. The summed E-state index contributed by atoms with van der Waals surface area (Å²) in [5, 5.41) is 0.501. The molecule has 3 aromatic rings. The fraction of sp³-hybridized carbons (Fsp3) is 0.318. The molecule has 1 aromatic carbocycles. The van der Waals surface area contributed by atoms with E-state index in [9.17, 15) is 9.59 Å². The van der Waals surface area contributed by atoms with Crippen LogP contribution in [0.25, 0.3) is 5.65 Å². The Bertz CT molecular complexity index is 1090. The van der Waals surface area contributed by atoms with E-state index in [0.29, 0.717) is 36.7 Å². The molecule has 0 aliphatic carbocycles. The van der Waals surface area contributed by atoms with E-state index in [1.54, 1.807) is 24.4 Å². The van der Waals surface area contributed by atoms with E-state index >= 15 is 0 Å². The molecule has 150 valence electrons. The lowest BCUT2D eigenvalue weighted by atomic mass is 10.1. The second kappa shape index (κ2) is 8.35. The smallest absolute Gasteiger partial charge is 0.258 e. The van der Waals surface area contributed by atoms with Gasteiger partial charge in [0.2, 0.25) is 5.91 Å². The Hall–Kier alpha value is -2.70. The molecular formula is C22H23ClN4O2. The first kappa shape index (κ1) is 19.6. The van der Waals surface area contributed by atoms with Crippen molar-refractivity contribution in [2.24, 2.45) is 0 Å². The molecule has 0 N–H and O–H groups in total. The molecule has 0 spiro atoms. The molecule has 1 aliphatic rings. The van der Waals surface area contributed by atoms with E-state index in [1.165, 1.54) is 9.96 Å². The predicted octanol–water partition coefficient (Wildman–Crippen LogP) is 2.54. The van der Waals surface area contributed by atoms with Crippen molar-refractivity contribution in [2.45, 2.75) is 19.9 Å². The van der Waals surface area contributed by atoms with Gasteiger partial charge in [0.05, 0.1) is 17.1 Å². The molecule has 1 fully saturated rings. The van der Waals surface area contributed by atoms with Gasteiger partial charge in [0, 0.05) is 45.0 Å². The lowest BCUT2D eigenvalue weighted by Crippen LogP contribution is -2.48. The molecule has 0 saturated carbocycles. The first-order valence-electron chi connectivity index (χ1n) is 9.71. The van der Waals surface area contributed by atoms with Gasteiger partial charge in [-0.05, 0) is 24.6 Å². The standard InChI is InChI=1S/C22H23ClN4O2/c1-16-2-4-17(5-3-16)12-21(28)26-10-8-25(9-11-26)15-19-13-22(29)27-14-18(23)6-7-20(27)24-19/h2-7,13-14H,8-12,15H2,1H3. The number of hydrogen-bond donors (Lipinski definition) is 0. The summed E-state index contributed by atoms with van der Waals surface area (Å²) >= 11 is 5.96. The summed E-state index contributed by atoms with van der Waals surface area (Å²) in [4.78, 5) is 33.6. The van der Waals surface area contributed by atoms with Crippen molar-refractivity contribution < 1.29 is 4.79 Å². The average molecular weight is 411 g/mol. The first-order chi connectivity index (χ1) is 14.0. The Kier molecular flexibility index (Phi) is 5.65. The monoisotopic (exact) mass is 410 g/mol. The molecule has 1 saturated heterocycles. The topological polar surface area (TPSA) is 57.9 Å². The van der Waals surface area contributed by atoms with Crippen LogP contribution in [0.1, 0.15) is 16.8 Å². The Morgan fingerprint density at radius 2 is 1.79 bits per heavy atom. The second-order valence-electron chi connectivity index (χ2n) is 7.48. The fourth-order valence-electron chi connectivity index (χ4n) is 3.58. The van der Waals surface area contributed by atoms with Crippen molar-refractivity contribution in [3.63, 3.8) is 0 Å². The largest absolute Gasteiger partial charge is 0.340 e. The number of benzene rings is 1. The highest BCUT2D eigenvalue weighted by Gasteiger charge is 2.21. The molecular weight excluding hydrogens is 388 g/mol. The number of aromatic nitrogens is 2. The Labute approximate surface area is 174 Å². The van der Waals surface area contributed by atoms with E-state index in [4.69, 9.17) is 11.6 Å². The lowest BCUT2D eigenvalue weighted by Gasteiger charge is -2.34. The molecule has 1 aliphatic heterocycles. The van der Waals surface area contributed by atoms with E-state index in [-0.39, 0.29) is 11.5 Å². The number of halogens is 1. The number of amides is 1. The molecule has 2 aromatic heterocycles. The number of fused-ring (bicyclic) bond motifs is 1. The zero-order chi connectivity index (χ0) is 20.4. The van der Waals surface area contributed by atoms with Gasteiger partial charge >= 0.3 is 0 Å². The summed E-state index contributed by atoms with van der Waals surface area (Å²) in [5.41, 5.74) is 3.42. The van der Waals surface area contributed by atoms with Crippen LogP contribution in [0.3, 0.4) is 0 Å². The molecule has 0 atom stereocenters. The highest BCUT2D eigenvalue weighted by atomic mass is 35.5. The van der Waals surface area contributed by atoms with E-state index in [0.717, 1.165) is 24.3 Å². The van der Waals surface area contributed by atoms with Crippen LogP contribution < -0.4 is 5.56 Å². The fourth-order valence-corrected chi connectivity index (χ4v) is 3.74. The van der Waals surface area contributed by atoms with Crippen LogP contribution >= 0.6 is 11.6 Å². The van der Waals surface area contributed by atoms with Crippen LogP contribution in [-0.4, -0.2) is 51.3 Å². The van der Waals surface area contributed by atoms with Gasteiger partial charge in [0.1, 0.15) is 5.65 Å². The number of pyridine rings is 1. The predicted molar refractivity (Wildman–Crippen MR) is 113 cm³/mol. The molecule has 0 radical (unpaired) electrons. The molecule has 29 heavy (non-hydrogen) atoms. The molecule has 3 heterocycles. The van der Waals surface area contributed by atoms with Gasteiger partial charge in [0.25, 0.3) is 5.56 Å². The maximum Gasteiger partial charge on any atom is 0.258 e. The van der Waals surface area contributed by atoms with E-state index < -0.39 is 0 Å². The third kappa shape index (κ3) is 4.66. The van der Waals surface area contributed by atoms with Gasteiger partial charge in [-0.1, -0.05) is 41.4 Å². The maximum atomic E-state index is 12.6. The first-order valence-corrected chi connectivity index (χ1v) is 10.1. The Morgan fingerprint density at radius 1 is 1.07 bits per heavy atom. The highest BCUT2D eigenvalue weighted by Crippen LogP contribution is 2.12. The van der Waals surface area contributed by atoms with Gasteiger partial charge in [-0.3, -0.25) is 18.9 Å². The normalized spacial score (nSPS) is 15.0. The minimum Gasteiger partial charge on any atom is -0.340 e. The summed E-state index contributed by atoms with van der Waals surface area (Å²) in [5.74, 6) is 0.160. The maximum absolute atomic E-state index is 12.6. The van der Waals surface area contributed by atoms with Crippen molar-refractivity contribution in [1.29, 1.82) is 0 Å². The van der Waals surface area contributed by atoms with Crippen LogP contribution in [0.2, 0.25) is 5.02 Å². The number of piperazine rings is 1. The van der Waals surface area contributed by atoms with Crippen molar-refractivity contribution in [1.82, 2.24) is 19.2 Å². The molecule has 0 bridgehead atoms. The lowest BCUT2D eigenvalue weighted by molar-refractivity contribution is -0.132. The number of carbonyl (C=O) groups excluding carboxylic acids is 1. The van der Waals surface area contributed by atoms with Crippen LogP contribution in [0.4, 0.5) is 0 Å². The van der Waals surface area contributed by atoms with Gasteiger partial charge in [-0.2, -0.15) is 0 Å². The summed E-state index contributed by atoms with van der Waals surface area (Å²) in [6, 6.07) is 13.1. The van der Waals surface area contributed by atoms with Crippen LogP contribution in [-0.2, 0) is 17.8 Å². The van der Waals surface area contributed by atoms with Crippen molar-refractivity contribution in [2.75, 3.05) is 26.2 Å². The molecule has 7 heteroatoms. The third-order valence-corrected chi connectivity index (χ3v) is 5.49. The Balaban J connectivity index is 1.35. The summed E-state index contributed by atoms with van der Waals surface area (Å²) < 4.78 is 1.45. The van der Waals surface area contributed by atoms with Crippen molar-refractivity contribution in [3.05, 3.63) is 80.9 Å². The number of aryl methyl sites for hydroxylation is 1. The SMILES string of the molecule is Cc1ccc(CC(=O)N2CCN(Cc3cc(=O)n4cc(Cl)ccc4n3)CC2)cc1. The van der Waals surface area contributed by atoms with Crippen molar-refractivity contribution in [3.8, 4) is 0 Å². The van der Waals surface area contributed by atoms with Crippen molar-refractivity contribution >= 4 is 23.2 Å². The molecule has 1 amide bonds. The number of rotatable bonds is 4. The minimum absolute atomic E-state index is 0.139. The van der Waals surface area contributed by atoms with E-state index in [2.05, 4.69) is 9.88 Å². The van der Waals surface area contributed by atoms with Gasteiger partial charge < -0.3 is 4.90 Å². The number of carbonyl (C=O) groups is 1. The molecule has 4 rings (SSSR count). The van der Waals surface area contributed by atoms with Crippen LogP contribution in [0.5, 0.6) is 0 Å². The van der Waals surface area contributed by atoms with Crippen LogP contribution in [0.15, 0.2) is 53.5 Å². The van der Waals surface area contributed by atoms with Gasteiger partial charge in [0.15, 0.2) is 0 Å². The number of nitrogens with zero attached hydrogens (tertiary/aromatic N) is 4. The minimum atomic E-state index is -0.139. The summed E-state index contributed by atoms with van der Waals surface area (Å²) in [6.45, 7) is 5.54. The van der Waals surface area contributed by atoms with E-state index in [1.807, 2.05) is 36.1 Å². The quantitative estimate of drug-likeness (QED) is 0.663. The highest BCUT2D eigenvalue weighted by molar-refractivity contribution is 6.30. The molecule has 0 unspecified atom stereocenters. The molecule has 6 nitrogen and oxygen atoms in total. The van der Waals surface area contributed by atoms with Crippen LogP contribution in [0, 0.1) is 6.92 Å². The van der Waals surface area contributed by atoms with Gasteiger partial charge in [-0.25, -0.2) is 4.98 Å². The van der Waals surface area contributed by atoms with Gasteiger partial charge in [-0.15, -0.1) is 0 Å². The summed E-state index contributed by atoms with van der Waals surface area (Å²) in [6.07, 6.45) is 2.01. The second-order valence-corrected chi connectivity index (χ2v) is 7.92. The zero-order valence-corrected chi connectivity index (χ0v) is 17.1.